The van der Waals surface area contributed by atoms with Gasteiger partial charge in [0.05, 0.1) is 25.4 Å². The van der Waals surface area contributed by atoms with Crippen molar-refractivity contribution in [3.63, 3.8) is 0 Å². The molecule has 0 radical (unpaired) electrons. The first kappa shape index (κ1) is 65.6. The Balaban J connectivity index is 3.50. The molecule has 0 aromatic heterocycles. The molecule has 0 spiro atoms. The van der Waals surface area contributed by atoms with E-state index in [1.807, 2.05) is 6.08 Å². The Morgan fingerprint density at radius 1 is 0.412 bits per heavy atom. The Morgan fingerprint density at radius 3 is 1.15 bits per heavy atom. The summed E-state index contributed by atoms with van der Waals surface area (Å²) < 4.78 is 5.41. The van der Waals surface area contributed by atoms with Crippen molar-refractivity contribution in [2.75, 3.05) is 13.2 Å². The van der Waals surface area contributed by atoms with Crippen LogP contribution in [0.5, 0.6) is 0 Å². The normalized spacial score (nSPS) is 13.1. The van der Waals surface area contributed by atoms with Crippen molar-refractivity contribution in [3.05, 3.63) is 60.8 Å². The van der Waals surface area contributed by atoms with Gasteiger partial charge in [0.15, 0.2) is 0 Å². The molecular formula is C62H113NO5. The molecule has 6 nitrogen and oxygen atoms in total. The molecule has 0 rings (SSSR count). The van der Waals surface area contributed by atoms with Gasteiger partial charge in [-0.1, -0.05) is 261 Å². The maximum Gasteiger partial charge on any atom is 0.305 e. The zero-order chi connectivity index (χ0) is 49.3. The highest BCUT2D eigenvalue weighted by atomic mass is 16.5. The maximum absolute atomic E-state index is 12.5. The van der Waals surface area contributed by atoms with E-state index in [0.717, 1.165) is 64.2 Å². The second-order valence-corrected chi connectivity index (χ2v) is 20.0. The summed E-state index contributed by atoms with van der Waals surface area (Å²) in [6.07, 6.45) is 74.0. The molecular weight excluding hydrogens is 839 g/mol. The average Bonchev–Trinajstić information content (AvgIpc) is 3.34. The van der Waals surface area contributed by atoms with Crippen LogP contribution in [0.3, 0.4) is 0 Å². The summed E-state index contributed by atoms with van der Waals surface area (Å²) >= 11 is 0. The summed E-state index contributed by atoms with van der Waals surface area (Å²) in [5.41, 5.74) is 0. The minimum absolute atomic E-state index is 0.0506. The first-order chi connectivity index (χ1) is 33.5. The van der Waals surface area contributed by atoms with Crippen LogP contribution in [0, 0.1) is 0 Å². The van der Waals surface area contributed by atoms with Gasteiger partial charge < -0.3 is 20.3 Å². The number of aliphatic hydroxyl groups is 2. The molecule has 0 aliphatic carbocycles. The van der Waals surface area contributed by atoms with Crippen LogP contribution in [0.15, 0.2) is 60.8 Å². The number of carbonyl (C=O) groups excluding carboxylic acids is 2. The number of ether oxygens (including phenoxy) is 1. The molecule has 0 fully saturated rings. The lowest BCUT2D eigenvalue weighted by Gasteiger charge is -2.20. The van der Waals surface area contributed by atoms with E-state index < -0.39 is 12.1 Å². The van der Waals surface area contributed by atoms with Crippen molar-refractivity contribution in [2.24, 2.45) is 0 Å². The second kappa shape index (κ2) is 57.1. The SMILES string of the molecule is CCCCC/C=C\C/C=C\CCCCCCCC(=O)OCC/C=C\C/C=C\CCCCCCCCCCCCCCCCC(=O)NC(CO)C(O)/C=C/CCCCCCCCCCCCCCC. The zero-order valence-corrected chi connectivity index (χ0v) is 45.1. The third-order valence-corrected chi connectivity index (χ3v) is 13.3. The first-order valence-electron chi connectivity index (χ1n) is 29.6. The van der Waals surface area contributed by atoms with Gasteiger partial charge >= 0.3 is 5.97 Å². The third-order valence-electron chi connectivity index (χ3n) is 13.3. The number of hydrogen-bond donors (Lipinski definition) is 3. The van der Waals surface area contributed by atoms with Gasteiger partial charge in [0.2, 0.25) is 5.91 Å². The highest BCUT2D eigenvalue weighted by Gasteiger charge is 2.18. The van der Waals surface area contributed by atoms with E-state index in [0.29, 0.717) is 19.4 Å². The lowest BCUT2D eigenvalue weighted by molar-refractivity contribution is -0.143. The van der Waals surface area contributed by atoms with Crippen LogP contribution in [0.25, 0.3) is 0 Å². The number of unbranched alkanes of at least 4 members (excludes halogenated alkanes) is 35. The van der Waals surface area contributed by atoms with Gasteiger partial charge in [-0.15, -0.1) is 0 Å². The smallest absolute Gasteiger partial charge is 0.305 e. The molecule has 0 aliphatic rings. The predicted molar refractivity (Wildman–Crippen MR) is 296 cm³/mol. The fourth-order valence-corrected chi connectivity index (χ4v) is 8.74. The Bertz CT molecular complexity index is 1190. The Labute approximate surface area is 422 Å². The number of hydrogen-bond acceptors (Lipinski definition) is 5. The van der Waals surface area contributed by atoms with Gasteiger partial charge in [-0.25, -0.2) is 0 Å². The summed E-state index contributed by atoms with van der Waals surface area (Å²) in [6.45, 7) is 4.76. The van der Waals surface area contributed by atoms with E-state index in [-0.39, 0.29) is 18.5 Å². The molecule has 0 saturated carbocycles. The van der Waals surface area contributed by atoms with Crippen LogP contribution >= 0.6 is 0 Å². The van der Waals surface area contributed by atoms with Gasteiger partial charge in [-0.3, -0.25) is 9.59 Å². The van der Waals surface area contributed by atoms with Crippen molar-refractivity contribution >= 4 is 11.9 Å². The van der Waals surface area contributed by atoms with Crippen LogP contribution in [-0.2, 0) is 14.3 Å². The highest BCUT2D eigenvalue weighted by Crippen LogP contribution is 2.16. The van der Waals surface area contributed by atoms with Crippen molar-refractivity contribution in [2.45, 2.75) is 309 Å². The predicted octanol–water partition coefficient (Wildman–Crippen LogP) is 18.4. The van der Waals surface area contributed by atoms with Crippen molar-refractivity contribution in [3.8, 4) is 0 Å². The molecule has 1 amide bonds. The van der Waals surface area contributed by atoms with Gasteiger partial charge in [0, 0.05) is 12.8 Å². The fraction of sp³-hybridized carbons (Fsp3) is 0.806. The standard InChI is InChI=1S/C62H113NO5/c1-3-5-7-9-11-13-15-17-26-30-34-38-42-46-50-54-60(65)59(58-64)63-61(66)55-51-47-43-39-35-31-28-24-22-20-19-21-23-25-29-33-37-41-45-49-53-57-68-62(67)56-52-48-44-40-36-32-27-18-16-14-12-10-8-6-4-2/h12,14,18,27,33,37,45,49-50,54,59-60,64-65H,3-11,13,15-17,19-26,28-32,34-36,38-44,46-48,51-53,55-58H2,1-2H3,(H,63,66)/b14-12-,27-18-,37-33-,49-45-,54-50+. The van der Waals surface area contributed by atoms with Crippen LogP contribution in [0.1, 0.15) is 296 Å². The third kappa shape index (κ3) is 52.9. The lowest BCUT2D eigenvalue weighted by atomic mass is 10.0. The molecule has 68 heavy (non-hydrogen) atoms. The summed E-state index contributed by atoms with van der Waals surface area (Å²) in [4.78, 5) is 24.5. The van der Waals surface area contributed by atoms with Crippen molar-refractivity contribution < 1.29 is 24.5 Å². The minimum Gasteiger partial charge on any atom is -0.465 e. The molecule has 0 heterocycles. The van der Waals surface area contributed by atoms with E-state index in [9.17, 15) is 19.8 Å². The van der Waals surface area contributed by atoms with Crippen LogP contribution in [0.2, 0.25) is 0 Å². The van der Waals surface area contributed by atoms with Crippen molar-refractivity contribution in [1.29, 1.82) is 0 Å². The molecule has 3 N–H and O–H groups in total. The average molecular weight is 953 g/mol. The van der Waals surface area contributed by atoms with Gasteiger partial charge in [-0.2, -0.15) is 0 Å². The van der Waals surface area contributed by atoms with E-state index >= 15 is 0 Å². The number of nitrogens with one attached hydrogen (secondary N) is 1. The Hall–Kier alpha value is -2.44. The van der Waals surface area contributed by atoms with E-state index in [1.165, 1.54) is 205 Å². The maximum atomic E-state index is 12.5. The van der Waals surface area contributed by atoms with Crippen LogP contribution in [0.4, 0.5) is 0 Å². The number of aliphatic hydroxyl groups excluding tert-OH is 2. The summed E-state index contributed by atoms with van der Waals surface area (Å²) in [7, 11) is 0. The van der Waals surface area contributed by atoms with Crippen molar-refractivity contribution in [1.82, 2.24) is 5.32 Å². The topological polar surface area (TPSA) is 95.9 Å². The van der Waals surface area contributed by atoms with Crippen LogP contribution < -0.4 is 5.32 Å². The van der Waals surface area contributed by atoms with E-state index in [2.05, 4.69) is 67.8 Å². The zero-order valence-electron chi connectivity index (χ0n) is 45.1. The largest absolute Gasteiger partial charge is 0.465 e. The van der Waals surface area contributed by atoms with Gasteiger partial charge in [0.25, 0.3) is 0 Å². The van der Waals surface area contributed by atoms with Gasteiger partial charge in [-0.05, 0) is 83.5 Å². The summed E-state index contributed by atoms with van der Waals surface area (Å²) in [5.74, 6) is -0.124. The number of esters is 1. The van der Waals surface area contributed by atoms with Gasteiger partial charge in [0.1, 0.15) is 0 Å². The Morgan fingerprint density at radius 2 is 0.735 bits per heavy atom. The number of rotatable bonds is 54. The minimum atomic E-state index is -0.849. The molecule has 0 aliphatic heterocycles. The molecule has 2 atom stereocenters. The Kier molecular flexibility index (Phi) is 55.1. The molecule has 0 aromatic carbocycles. The number of carbonyl (C=O) groups is 2. The second-order valence-electron chi connectivity index (χ2n) is 20.0. The molecule has 6 heteroatoms. The molecule has 0 bridgehead atoms. The van der Waals surface area contributed by atoms with Crippen LogP contribution in [-0.4, -0.2) is 47.4 Å². The highest BCUT2D eigenvalue weighted by molar-refractivity contribution is 5.76. The molecule has 396 valence electrons. The molecule has 2 unspecified atom stereocenters. The molecule has 0 aromatic rings. The van der Waals surface area contributed by atoms with E-state index in [4.69, 9.17) is 4.74 Å². The summed E-state index contributed by atoms with van der Waals surface area (Å²) in [5, 5.41) is 23.1. The fourth-order valence-electron chi connectivity index (χ4n) is 8.74. The quantitative estimate of drug-likeness (QED) is 0.0321. The number of amides is 1. The monoisotopic (exact) mass is 952 g/mol. The first-order valence-corrected chi connectivity index (χ1v) is 29.6. The lowest BCUT2D eigenvalue weighted by Crippen LogP contribution is -2.45. The molecule has 0 saturated heterocycles. The van der Waals surface area contributed by atoms with E-state index in [1.54, 1.807) is 6.08 Å². The number of allylic oxidation sites excluding steroid dienone is 8. The summed E-state index contributed by atoms with van der Waals surface area (Å²) in [6, 6.07) is -0.633.